The largest absolute Gasteiger partial charge is 0.478 e. The minimum absolute atomic E-state index is 0.326. The van der Waals surface area contributed by atoms with Gasteiger partial charge in [0.2, 0.25) is 0 Å². The molecule has 4 aliphatic rings. The molecule has 3 nitrogen and oxygen atoms in total. The van der Waals surface area contributed by atoms with Gasteiger partial charge in [0, 0.05) is 11.3 Å². The van der Waals surface area contributed by atoms with Crippen molar-refractivity contribution in [1.29, 1.82) is 0 Å². The van der Waals surface area contributed by atoms with Crippen LogP contribution in [0.3, 0.4) is 0 Å². The summed E-state index contributed by atoms with van der Waals surface area (Å²) in [5.74, 6) is 1.52. The Kier molecular flexibility index (Phi) is 7.27. The maximum Gasteiger partial charge on any atom is 0.179 e. The van der Waals surface area contributed by atoms with Crippen LogP contribution in [-0.2, 0) is 5.41 Å². The molecule has 0 aromatic heterocycles. The lowest BCUT2D eigenvalue weighted by atomic mass is 9.70. The van der Waals surface area contributed by atoms with E-state index in [1.807, 2.05) is 0 Å². The van der Waals surface area contributed by atoms with Crippen molar-refractivity contribution in [3.8, 4) is 56.0 Å². The van der Waals surface area contributed by atoms with Crippen LogP contribution in [0.5, 0.6) is 11.5 Å². The Morgan fingerprint density at radius 2 is 0.931 bits per heavy atom. The zero-order chi connectivity index (χ0) is 38.2. The quantitative estimate of drug-likeness (QED) is 0.175. The third-order valence-corrected chi connectivity index (χ3v) is 12.5. The molecule has 58 heavy (non-hydrogen) atoms. The number of allylic oxidation sites excluding steroid dienone is 2. The minimum Gasteiger partial charge on any atom is -0.478 e. The lowest BCUT2D eigenvalue weighted by Gasteiger charge is -2.41. The molecule has 2 unspecified atom stereocenters. The summed E-state index contributed by atoms with van der Waals surface area (Å²) in [5.41, 5.74) is 17.5. The summed E-state index contributed by atoms with van der Waals surface area (Å²) < 4.78 is 14.3. The Morgan fingerprint density at radius 1 is 0.414 bits per heavy atom. The summed E-state index contributed by atoms with van der Waals surface area (Å²) in [4.78, 5) is 2.35. The molecule has 3 aliphatic carbocycles. The van der Waals surface area contributed by atoms with Gasteiger partial charge in [-0.15, -0.1) is 0 Å². The topological polar surface area (TPSA) is 21.7 Å². The Hall–Kier alpha value is -7.36. The molecule has 0 bridgehead atoms. The van der Waals surface area contributed by atoms with Crippen LogP contribution in [0, 0.1) is 0 Å². The molecule has 1 spiro atoms. The predicted molar refractivity (Wildman–Crippen MR) is 235 cm³/mol. The zero-order valence-corrected chi connectivity index (χ0v) is 31.6. The first-order valence-corrected chi connectivity index (χ1v) is 20.1. The van der Waals surface area contributed by atoms with Crippen molar-refractivity contribution in [2.75, 3.05) is 4.90 Å². The highest BCUT2D eigenvalue weighted by Crippen LogP contribution is 2.64. The molecule has 0 saturated carbocycles. The second-order valence-electron chi connectivity index (χ2n) is 15.5. The van der Waals surface area contributed by atoms with E-state index < -0.39 is 11.5 Å². The molecule has 1 heterocycles. The Morgan fingerprint density at radius 3 is 1.60 bits per heavy atom. The summed E-state index contributed by atoms with van der Waals surface area (Å²) in [6.45, 7) is 0. The zero-order valence-electron chi connectivity index (χ0n) is 31.6. The molecular weight excluding hydrogens is 707 g/mol. The van der Waals surface area contributed by atoms with Gasteiger partial charge in [0.05, 0.1) is 16.8 Å². The third kappa shape index (κ3) is 4.74. The molecule has 0 fully saturated rings. The molecule has 0 saturated heterocycles. The summed E-state index contributed by atoms with van der Waals surface area (Å²) in [7, 11) is 0. The van der Waals surface area contributed by atoms with E-state index in [-0.39, 0.29) is 6.10 Å². The third-order valence-electron chi connectivity index (χ3n) is 12.5. The molecule has 0 N–H and O–H groups in total. The maximum absolute atomic E-state index is 7.30. The number of rotatable bonds is 5. The van der Waals surface area contributed by atoms with Crippen molar-refractivity contribution in [3.63, 3.8) is 0 Å². The highest BCUT2D eigenvalue weighted by molar-refractivity contribution is 5.96. The predicted octanol–water partition coefficient (Wildman–Crippen LogP) is 13.2. The Bertz CT molecular complexity index is 2920. The van der Waals surface area contributed by atoms with Crippen molar-refractivity contribution >= 4 is 11.4 Å². The lowest BCUT2D eigenvalue weighted by molar-refractivity contribution is 0.0675. The molecule has 1 aliphatic heterocycles. The molecule has 8 aromatic rings. The number of nitrogens with zero attached hydrogens (tertiary/aromatic N) is 1. The van der Waals surface area contributed by atoms with Gasteiger partial charge in [-0.1, -0.05) is 170 Å². The van der Waals surface area contributed by atoms with Crippen LogP contribution in [0.25, 0.3) is 44.5 Å². The number of para-hydroxylation sites is 2. The van der Waals surface area contributed by atoms with E-state index in [9.17, 15) is 0 Å². The molecule has 274 valence electrons. The van der Waals surface area contributed by atoms with E-state index in [1.165, 1.54) is 55.6 Å². The fraction of sp³-hybridized carbons (Fsp3) is 0.0545. The van der Waals surface area contributed by atoms with Crippen LogP contribution in [0.1, 0.15) is 22.3 Å². The van der Waals surface area contributed by atoms with E-state index in [1.54, 1.807) is 0 Å². The Balaban J connectivity index is 0.988. The molecule has 8 aromatic carbocycles. The SMILES string of the molecule is C1=CC2Oc3cc4c(cc3OC2C(N(c2ccccc2)c2ccccc2-c2ccc(-c3ccccc3)cc2)=C1)C1(c2ccccc2-c2ccccc21)c1ccccc1-4. The van der Waals surface area contributed by atoms with Crippen LogP contribution in [0.4, 0.5) is 11.4 Å². The summed E-state index contributed by atoms with van der Waals surface area (Å²) in [6, 6.07) is 69.9. The first-order valence-electron chi connectivity index (χ1n) is 20.1. The van der Waals surface area contributed by atoms with Gasteiger partial charge in [-0.25, -0.2) is 0 Å². The van der Waals surface area contributed by atoms with Gasteiger partial charge >= 0.3 is 0 Å². The van der Waals surface area contributed by atoms with E-state index in [0.717, 1.165) is 39.7 Å². The number of hydrogen-bond acceptors (Lipinski definition) is 3. The van der Waals surface area contributed by atoms with E-state index >= 15 is 0 Å². The lowest BCUT2D eigenvalue weighted by Crippen LogP contribution is -2.45. The molecule has 0 radical (unpaired) electrons. The van der Waals surface area contributed by atoms with E-state index in [2.05, 4.69) is 217 Å². The van der Waals surface area contributed by atoms with E-state index in [0.29, 0.717) is 0 Å². The number of anilines is 2. The van der Waals surface area contributed by atoms with Gasteiger partial charge < -0.3 is 14.4 Å². The van der Waals surface area contributed by atoms with Crippen molar-refractivity contribution in [2.45, 2.75) is 17.6 Å². The minimum atomic E-state index is -0.468. The maximum atomic E-state index is 7.30. The van der Waals surface area contributed by atoms with Gasteiger partial charge in [0.1, 0.15) is 0 Å². The molecule has 3 heteroatoms. The Labute approximate surface area is 338 Å². The number of hydrogen-bond donors (Lipinski definition) is 0. The fourth-order valence-corrected chi connectivity index (χ4v) is 10.0. The monoisotopic (exact) mass is 743 g/mol. The fourth-order valence-electron chi connectivity index (χ4n) is 10.0. The van der Waals surface area contributed by atoms with Crippen molar-refractivity contribution in [2.24, 2.45) is 0 Å². The molecule has 12 rings (SSSR count). The first-order chi connectivity index (χ1) is 28.8. The smallest absolute Gasteiger partial charge is 0.179 e. The van der Waals surface area contributed by atoms with Crippen LogP contribution in [0.2, 0.25) is 0 Å². The van der Waals surface area contributed by atoms with Crippen LogP contribution in [0.15, 0.2) is 218 Å². The average molecular weight is 744 g/mol. The van der Waals surface area contributed by atoms with E-state index in [4.69, 9.17) is 9.47 Å². The number of fused-ring (bicyclic) bond motifs is 12. The summed E-state index contributed by atoms with van der Waals surface area (Å²) in [5, 5.41) is 0. The number of ether oxygens (including phenoxy) is 2. The molecular formula is C55H37NO2. The van der Waals surface area contributed by atoms with Gasteiger partial charge in [-0.05, 0) is 104 Å². The van der Waals surface area contributed by atoms with Gasteiger partial charge in [0.15, 0.2) is 23.7 Å². The summed E-state index contributed by atoms with van der Waals surface area (Å²) >= 11 is 0. The average Bonchev–Trinajstić information content (AvgIpc) is 3.75. The number of benzene rings is 8. The van der Waals surface area contributed by atoms with Gasteiger partial charge in [-0.3, -0.25) is 0 Å². The van der Waals surface area contributed by atoms with Crippen molar-refractivity contribution < 1.29 is 9.47 Å². The van der Waals surface area contributed by atoms with Gasteiger partial charge in [0.25, 0.3) is 0 Å². The van der Waals surface area contributed by atoms with Crippen molar-refractivity contribution in [1.82, 2.24) is 0 Å². The highest BCUT2D eigenvalue weighted by Gasteiger charge is 2.52. The van der Waals surface area contributed by atoms with Crippen molar-refractivity contribution in [3.05, 3.63) is 240 Å². The normalized spacial score (nSPS) is 17.1. The second kappa shape index (κ2) is 12.8. The summed E-state index contributed by atoms with van der Waals surface area (Å²) in [6.07, 6.45) is 5.69. The van der Waals surface area contributed by atoms with Crippen LogP contribution < -0.4 is 14.4 Å². The highest BCUT2D eigenvalue weighted by atomic mass is 16.6. The standard InChI is InChI=1S/C55H37NO2/c1-3-16-36(17-4-1)37-30-32-38(33-31-37)40-20-10-14-27-49(40)56(39-18-5-2-6-19-39)50-28-15-29-51-54(50)58-53-35-48-44(34-52(53)57-51)43-23-9-13-26-47(43)55(48)45-24-11-7-21-41(45)42-22-8-12-25-46(42)55/h1-35,51,54H. The van der Waals surface area contributed by atoms with Gasteiger partial charge in [-0.2, -0.15) is 0 Å². The van der Waals surface area contributed by atoms with Crippen LogP contribution >= 0.6 is 0 Å². The second-order valence-corrected chi connectivity index (χ2v) is 15.5. The first kappa shape index (κ1) is 32.8. The molecule has 0 amide bonds. The molecule has 2 atom stereocenters. The van der Waals surface area contributed by atoms with Crippen LogP contribution in [-0.4, -0.2) is 12.2 Å².